The highest BCUT2D eigenvalue weighted by Crippen LogP contribution is 2.14. The molecule has 4 nitrogen and oxygen atoms in total. The average molecular weight is 232 g/mol. The van der Waals surface area contributed by atoms with Gasteiger partial charge in [-0.05, 0) is 19.0 Å². The lowest BCUT2D eigenvalue weighted by Gasteiger charge is -2.22. The second-order valence-corrected chi connectivity index (χ2v) is 7.06. The van der Waals surface area contributed by atoms with Crippen LogP contribution in [0.2, 0.25) is 12.6 Å². The molecule has 0 heterocycles. The minimum atomic E-state index is -1.99. The summed E-state index contributed by atoms with van der Waals surface area (Å²) in [5.74, 6) is 0.0849. The molecule has 0 rings (SSSR count). The molecule has 0 N–H and O–H groups in total. The Labute approximate surface area is 92.5 Å². The van der Waals surface area contributed by atoms with Crippen molar-refractivity contribution in [1.29, 1.82) is 0 Å². The fourth-order valence-corrected chi connectivity index (χ4v) is 2.34. The minimum Gasteiger partial charge on any atom is -0.491 e. The van der Waals surface area contributed by atoms with Crippen molar-refractivity contribution in [3.05, 3.63) is 12.3 Å². The van der Waals surface area contributed by atoms with Crippen LogP contribution in [0.1, 0.15) is 13.3 Å². The van der Waals surface area contributed by atoms with Crippen LogP contribution in [0.5, 0.6) is 0 Å². The lowest BCUT2D eigenvalue weighted by Crippen LogP contribution is -2.36. The Kier molecular flexibility index (Phi) is 6.47. The average Bonchev–Trinajstić information content (AvgIpc) is 2.23. The van der Waals surface area contributed by atoms with E-state index in [0.717, 1.165) is 12.5 Å². The Bertz CT molecular complexity index is 223. The van der Waals surface area contributed by atoms with E-state index in [4.69, 9.17) is 13.6 Å². The molecular formula is C10H20O4Si. The molecule has 0 aliphatic heterocycles. The molecule has 0 saturated heterocycles. The fraction of sp³-hybridized carbons (Fsp3) is 0.700. The van der Waals surface area contributed by atoms with E-state index in [-0.39, 0.29) is 11.5 Å². The molecule has 0 fully saturated rings. The Morgan fingerprint density at radius 3 is 2.27 bits per heavy atom. The largest absolute Gasteiger partial charge is 0.491 e. The Balaban J connectivity index is 3.71. The quantitative estimate of drug-likeness (QED) is 0.277. The van der Waals surface area contributed by atoms with Gasteiger partial charge in [-0.1, -0.05) is 6.58 Å². The Morgan fingerprint density at radius 1 is 1.33 bits per heavy atom. The van der Waals surface area contributed by atoms with Gasteiger partial charge in [-0.25, -0.2) is 0 Å². The number of ketones is 1. The SMILES string of the molecule is C=C(OCCC[Si](C)(OC)OC)C(C)=O. The first kappa shape index (κ1) is 14.3. The molecule has 0 aromatic rings. The summed E-state index contributed by atoms with van der Waals surface area (Å²) in [6, 6.07) is 0.838. The molecule has 0 aromatic carbocycles. The minimum absolute atomic E-state index is 0.131. The maximum Gasteiger partial charge on any atom is 0.334 e. The number of carbonyl (C=O) groups excluding carboxylic acids is 1. The predicted octanol–water partition coefficient (Wildman–Crippen LogP) is 1.86. The van der Waals surface area contributed by atoms with Gasteiger partial charge in [-0.3, -0.25) is 4.79 Å². The topological polar surface area (TPSA) is 44.8 Å². The zero-order chi connectivity index (χ0) is 11.9. The molecule has 88 valence electrons. The van der Waals surface area contributed by atoms with E-state index in [2.05, 4.69) is 6.58 Å². The van der Waals surface area contributed by atoms with Crippen molar-refractivity contribution in [3.63, 3.8) is 0 Å². The van der Waals surface area contributed by atoms with Gasteiger partial charge in [0.2, 0.25) is 0 Å². The standard InChI is InChI=1S/C10H20O4Si/c1-9(11)10(2)14-7-6-8-15(5,12-3)13-4/h2,6-8H2,1,3-5H3. The van der Waals surface area contributed by atoms with Crippen LogP contribution in [0.4, 0.5) is 0 Å². The second kappa shape index (κ2) is 6.76. The zero-order valence-electron chi connectivity index (χ0n) is 9.96. The molecule has 15 heavy (non-hydrogen) atoms. The number of allylic oxidation sites excluding steroid dienone is 1. The van der Waals surface area contributed by atoms with Gasteiger partial charge in [-0.15, -0.1) is 0 Å². The van der Waals surface area contributed by atoms with Crippen molar-refractivity contribution in [1.82, 2.24) is 0 Å². The van der Waals surface area contributed by atoms with E-state index in [0.29, 0.717) is 6.61 Å². The third-order valence-electron chi connectivity index (χ3n) is 2.31. The summed E-state index contributed by atoms with van der Waals surface area (Å²) < 4.78 is 15.8. The van der Waals surface area contributed by atoms with Crippen LogP contribution in [0.15, 0.2) is 12.3 Å². The summed E-state index contributed by atoms with van der Waals surface area (Å²) in [7, 11) is 1.32. The normalized spacial score (nSPS) is 11.2. The van der Waals surface area contributed by atoms with Crippen LogP contribution >= 0.6 is 0 Å². The molecule has 0 saturated carbocycles. The van der Waals surface area contributed by atoms with Crippen molar-refractivity contribution < 1.29 is 18.4 Å². The lowest BCUT2D eigenvalue weighted by molar-refractivity contribution is -0.116. The van der Waals surface area contributed by atoms with Gasteiger partial charge >= 0.3 is 8.56 Å². The molecule has 0 amide bonds. The third-order valence-corrected chi connectivity index (χ3v) is 5.30. The summed E-state index contributed by atoms with van der Waals surface area (Å²) in [5.41, 5.74) is 0. The van der Waals surface area contributed by atoms with Crippen molar-refractivity contribution in [2.24, 2.45) is 0 Å². The van der Waals surface area contributed by atoms with Crippen LogP contribution in [0.25, 0.3) is 0 Å². The molecule has 0 unspecified atom stereocenters. The maximum atomic E-state index is 10.8. The van der Waals surface area contributed by atoms with Crippen molar-refractivity contribution in [2.75, 3.05) is 20.8 Å². The van der Waals surface area contributed by atoms with Crippen LogP contribution in [-0.2, 0) is 18.4 Å². The van der Waals surface area contributed by atoms with Gasteiger partial charge in [-0.2, -0.15) is 0 Å². The number of carbonyl (C=O) groups is 1. The van der Waals surface area contributed by atoms with E-state index in [1.807, 2.05) is 6.55 Å². The van der Waals surface area contributed by atoms with E-state index >= 15 is 0 Å². The number of Topliss-reactive ketones (excluding diaryl/α,β-unsaturated/α-hetero) is 1. The van der Waals surface area contributed by atoms with Crippen molar-refractivity contribution in [3.8, 4) is 0 Å². The third kappa shape index (κ3) is 5.71. The van der Waals surface area contributed by atoms with Gasteiger partial charge in [0.05, 0.1) is 6.61 Å². The molecule has 0 aliphatic rings. The highest BCUT2D eigenvalue weighted by Gasteiger charge is 2.27. The monoisotopic (exact) mass is 232 g/mol. The molecule has 0 atom stereocenters. The van der Waals surface area contributed by atoms with Crippen molar-refractivity contribution in [2.45, 2.75) is 25.9 Å². The summed E-state index contributed by atoms with van der Waals surface area (Å²) in [6.45, 7) is 7.41. The first-order valence-corrected chi connectivity index (χ1v) is 7.40. The molecule has 5 heteroatoms. The predicted molar refractivity (Wildman–Crippen MR) is 60.8 cm³/mol. The molecular weight excluding hydrogens is 212 g/mol. The summed E-state index contributed by atoms with van der Waals surface area (Å²) in [6.07, 6.45) is 0.802. The Hall–Kier alpha value is -0.653. The van der Waals surface area contributed by atoms with Crippen molar-refractivity contribution >= 4 is 14.3 Å². The van der Waals surface area contributed by atoms with Gasteiger partial charge in [0.25, 0.3) is 0 Å². The van der Waals surface area contributed by atoms with E-state index < -0.39 is 8.56 Å². The molecule has 0 aromatic heterocycles. The van der Waals surface area contributed by atoms with Crippen LogP contribution in [-0.4, -0.2) is 35.2 Å². The number of ether oxygens (including phenoxy) is 1. The maximum absolute atomic E-state index is 10.8. The number of rotatable bonds is 8. The van der Waals surface area contributed by atoms with E-state index in [9.17, 15) is 4.79 Å². The van der Waals surface area contributed by atoms with Gasteiger partial charge < -0.3 is 13.6 Å². The van der Waals surface area contributed by atoms with E-state index in [1.54, 1.807) is 14.2 Å². The first-order valence-electron chi connectivity index (χ1n) is 4.88. The summed E-state index contributed by atoms with van der Waals surface area (Å²) in [5, 5.41) is 0. The number of hydrogen-bond acceptors (Lipinski definition) is 4. The molecule has 0 radical (unpaired) electrons. The highest BCUT2D eigenvalue weighted by molar-refractivity contribution is 6.65. The van der Waals surface area contributed by atoms with Gasteiger partial charge in [0, 0.05) is 21.1 Å². The first-order chi connectivity index (χ1) is 6.95. The fourth-order valence-electron chi connectivity index (χ4n) is 0.978. The van der Waals surface area contributed by atoms with Gasteiger partial charge in [0.1, 0.15) is 0 Å². The smallest absolute Gasteiger partial charge is 0.334 e. The second-order valence-electron chi connectivity index (χ2n) is 3.47. The zero-order valence-corrected chi connectivity index (χ0v) is 11.0. The summed E-state index contributed by atoms with van der Waals surface area (Å²) >= 11 is 0. The van der Waals surface area contributed by atoms with Crippen LogP contribution in [0.3, 0.4) is 0 Å². The molecule has 0 bridgehead atoms. The molecule has 0 aliphatic carbocycles. The van der Waals surface area contributed by atoms with Crippen LogP contribution < -0.4 is 0 Å². The number of hydrogen-bond donors (Lipinski definition) is 0. The van der Waals surface area contributed by atoms with Crippen LogP contribution in [0, 0.1) is 0 Å². The van der Waals surface area contributed by atoms with Gasteiger partial charge in [0.15, 0.2) is 11.5 Å². The lowest BCUT2D eigenvalue weighted by atomic mass is 10.4. The highest BCUT2D eigenvalue weighted by atomic mass is 28.4. The Morgan fingerprint density at radius 2 is 1.87 bits per heavy atom. The van der Waals surface area contributed by atoms with E-state index in [1.165, 1.54) is 6.92 Å². The summed E-state index contributed by atoms with van der Waals surface area (Å²) in [4.78, 5) is 10.8. The molecule has 0 spiro atoms.